The molecule has 3 aromatic rings. The second-order valence-corrected chi connectivity index (χ2v) is 8.43. The van der Waals surface area contributed by atoms with E-state index in [9.17, 15) is 18.0 Å². The number of benzene rings is 2. The van der Waals surface area contributed by atoms with Crippen LogP contribution in [0.15, 0.2) is 76.6 Å². The van der Waals surface area contributed by atoms with E-state index in [0.717, 1.165) is 27.7 Å². The van der Waals surface area contributed by atoms with Gasteiger partial charge < -0.3 is 9.15 Å². The third kappa shape index (κ3) is 5.92. The molecule has 0 fully saturated rings. The quantitative estimate of drug-likeness (QED) is 0.220. The van der Waals surface area contributed by atoms with Crippen LogP contribution in [-0.4, -0.2) is 24.5 Å². The van der Waals surface area contributed by atoms with Crippen molar-refractivity contribution in [3.05, 3.63) is 67.3 Å². The Balaban J connectivity index is 1.75. The van der Waals surface area contributed by atoms with Crippen molar-refractivity contribution >= 4 is 28.7 Å². The molecular weight excluding hydrogens is 413 g/mol. The summed E-state index contributed by atoms with van der Waals surface area (Å²) in [5.41, 5.74) is 0.341. The summed E-state index contributed by atoms with van der Waals surface area (Å²) in [4.78, 5) is 12.1. The number of carbonyl (C=O) groups is 1. The number of furan rings is 1. The van der Waals surface area contributed by atoms with Gasteiger partial charge in [0, 0.05) is 33.1 Å². The second-order valence-electron chi connectivity index (χ2n) is 7.38. The fourth-order valence-corrected chi connectivity index (χ4v) is 4.09. The minimum Gasteiger partial charge on any atom is -0.462 e. The number of hydrogen-bond donors (Lipinski definition) is 0. The molecular formula is C23H21F3O3S. The smallest absolute Gasteiger partial charge is 0.389 e. The van der Waals surface area contributed by atoms with Gasteiger partial charge in [-0.25, -0.2) is 4.79 Å². The number of fused-ring (bicyclic) bond motifs is 1. The fraction of sp³-hybridized carbons (Fsp3) is 0.261. The summed E-state index contributed by atoms with van der Waals surface area (Å²) < 4.78 is 50.1. The Hall–Kier alpha value is -2.67. The molecule has 1 heterocycles. The van der Waals surface area contributed by atoms with Gasteiger partial charge in [-0.3, -0.25) is 0 Å². The van der Waals surface area contributed by atoms with Gasteiger partial charge in [-0.05, 0) is 24.3 Å². The maximum absolute atomic E-state index is 13.1. The molecule has 1 unspecified atom stereocenters. The molecule has 0 spiro atoms. The number of hydrogen-bond acceptors (Lipinski definition) is 4. The van der Waals surface area contributed by atoms with Gasteiger partial charge in [-0.1, -0.05) is 43.8 Å². The van der Waals surface area contributed by atoms with Gasteiger partial charge in [0.25, 0.3) is 0 Å². The Bertz CT molecular complexity index is 1030. The highest BCUT2D eigenvalue weighted by Gasteiger charge is 2.40. The summed E-state index contributed by atoms with van der Waals surface area (Å²) >= 11 is 1.27. The van der Waals surface area contributed by atoms with Crippen LogP contribution in [0.25, 0.3) is 22.3 Å². The molecule has 30 heavy (non-hydrogen) atoms. The Kier molecular flexibility index (Phi) is 6.61. The molecule has 0 aliphatic heterocycles. The lowest BCUT2D eigenvalue weighted by Crippen LogP contribution is -2.33. The summed E-state index contributed by atoms with van der Waals surface area (Å²) in [6.45, 7) is 4.39. The highest BCUT2D eigenvalue weighted by Crippen LogP contribution is 2.39. The zero-order valence-electron chi connectivity index (χ0n) is 16.4. The van der Waals surface area contributed by atoms with E-state index in [-0.39, 0.29) is 12.4 Å². The monoisotopic (exact) mass is 434 g/mol. The van der Waals surface area contributed by atoms with Crippen molar-refractivity contribution < 1.29 is 27.1 Å². The Morgan fingerprint density at radius 3 is 2.57 bits per heavy atom. The van der Waals surface area contributed by atoms with Crippen molar-refractivity contribution in [2.75, 3.05) is 12.4 Å². The summed E-state index contributed by atoms with van der Waals surface area (Å²) in [5, 5.41) is 0.913. The predicted molar refractivity (Wildman–Crippen MR) is 112 cm³/mol. The first-order valence-electron chi connectivity index (χ1n) is 9.25. The number of rotatable bonds is 8. The third-order valence-corrected chi connectivity index (χ3v) is 5.92. The minimum absolute atomic E-state index is 0.120. The molecule has 1 aromatic heterocycles. The first kappa shape index (κ1) is 22.0. The average molecular weight is 434 g/mol. The van der Waals surface area contributed by atoms with E-state index in [0.29, 0.717) is 5.58 Å². The number of esters is 1. The average Bonchev–Trinajstić information content (AvgIpc) is 3.13. The molecule has 1 atom stereocenters. The van der Waals surface area contributed by atoms with E-state index in [1.807, 2.05) is 54.6 Å². The van der Waals surface area contributed by atoms with Crippen LogP contribution in [0.4, 0.5) is 13.2 Å². The van der Waals surface area contributed by atoms with E-state index in [1.165, 1.54) is 18.7 Å². The zero-order chi connectivity index (χ0) is 21.8. The fourth-order valence-electron chi connectivity index (χ4n) is 3.04. The van der Waals surface area contributed by atoms with E-state index in [4.69, 9.17) is 9.15 Å². The summed E-state index contributed by atoms with van der Waals surface area (Å²) in [5.74, 6) is 0.110. The lowest BCUT2D eigenvalue weighted by molar-refractivity contribution is -0.165. The van der Waals surface area contributed by atoms with Gasteiger partial charge in [0.1, 0.15) is 11.3 Å². The van der Waals surface area contributed by atoms with E-state index < -0.39 is 24.0 Å². The van der Waals surface area contributed by atoms with E-state index in [1.54, 1.807) is 0 Å². The number of halogens is 3. The Labute approximate surface area is 176 Å². The molecule has 7 heteroatoms. The van der Waals surface area contributed by atoms with Crippen LogP contribution in [0.2, 0.25) is 0 Å². The summed E-state index contributed by atoms with van der Waals surface area (Å²) in [7, 11) is 0. The van der Waals surface area contributed by atoms with Gasteiger partial charge in [0.2, 0.25) is 0 Å². The van der Waals surface area contributed by atoms with E-state index in [2.05, 4.69) is 6.58 Å². The number of alkyl halides is 3. The molecule has 0 radical (unpaired) electrons. The lowest BCUT2D eigenvalue weighted by atomic mass is 9.90. The summed E-state index contributed by atoms with van der Waals surface area (Å²) in [6.07, 6.45) is -4.49. The van der Waals surface area contributed by atoms with Crippen molar-refractivity contribution in [2.24, 2.45) is 5.41 Å². The lowest BCUT2D eigenvalue weighted by Gasteiger charge is -2.29. The minimum atomic E-state index is -4.37. The number of ether oxygens (including phenoxy) is 1. The predicted octanol–water partition coefficient (Wildman–Crippen LogP) is 6.88. The van der Waals surface area contributed by atoms with Crippen LogP contribution < -0.4 is 0 Å². The maximum Gasteiger partial charge on any atom is 0.389 e. The second kappa shape index (κ2) is 9.00. The van der Waals surface area contributed by atoms with Crippen LogP contribution in [-0.2, 0) is 9.53 Å². The molecule has 2 aromatic carbocycles. The summed E-state index contributed by atoms with van der Waals surface area (Å²) in [6, 6.07) is 17.1. The first-order chi connectivity index (χ1) is 14.2. The molecule has 0 saturated carbocycles. The van der Waals surface area contributed by atoms with Crippen molar-refractivity contribution in [3.63, 3.8) is 0 Å². The molecule has 0 aliphatic rings. The van der Waals surface area contributed by atoms with Gasteiger partial charge in [0.05, 0.1) is 13.0 Å². The van der Waals surface area contributed by atoms with Gasteiger partial charge in [-0.15, -0.1) is 11.8 Å². The molecule has 158 valence electrons. The van der Waals surface area contributed by atoms with Crippen LogP contribution in [0.1, 0.15) is 13.3 Å². The van der Waals surface area contributed by atoms with Gasteiger partial charge >= 0.3 is 12.1 Å². The van der Waals surface area contributed by atoms with Crippen molar-refractivity contribution in [3.8, 4) is 11.3 Å². The highest BCUT2D eigenvalue weighted by atomic mass is 32.2. The molecule has 0 N–H and O–H groups in total. The maximum atomic E-state index is 13.1. The molecule has 0 saturated heterocycles. The largest absolute Gasteiger partial charge is 0.462 e. The normalized spacial score (nSPS) is 13.7. The van der Waals surface area contributed by atoms with Crippen molar-refractivity contribution in [1.82, 2.24) is 0 Å². The van der Waals surface area contributed by atoms with Crippen molar-refractivity contribution in [1.29, 1.82) is 0 Å². The van der Waals surface area contributed by atoms with Gasteiger partial charge in [-0.2, -0.15) is 13.2 Å². The van der Waals surface area contributed by atoms with E-state index >= 15 is 0 Å². The Morgan fingerprint density at radius 2 is 1.90 bits per heavy atom. The first-order valence-corrected chi connectivity index (χ1v) is 10.2. The van der Waals surface area contributed by atoms with Crippen molar-refractivity contribution in [2.45, 2.75) is 24.4 Å². The highest BCUT2D eigenvalue weighted by molar-refractivity contribution is 7.99. The zero-order valence-corrected chi connectivity index (χ0v) is 17.2. The number of carbonyl (C=O) groups excluding carboxylic acids is 1. The van der Waals surface area contributed by atoms with Crippen LogP contribution in [0, 0.1) is 5.41 Å². The SMILES string of the molecule is C=CC(=O)OCC(C)(CSc1ccc2cc(-c3ccccc3)oc2c1)CC(F)(F)F. The molecule has 0 aliphatic carbocycles. The molecule has 3 rings (SSSR count). The number of thioether (sulfide) groups is 1. The van der Waals surface area contributed by atoms with Gasteiger partial charge in [0.15, 0.2) is 0 Å². The Morgan fingerprint density at radius 1 is 1.17 bits per heavy atom. The van der Waals surface area contributed by atoms with Crippen LogP contribution in [0.5, 0.6) is 0 Å². The third-order valence-electron chi connectivity index (χ3n) is 4.49. The molecule has 0 amide bonds. The molecule has 3 nitrogen and oxygen atoms in total. The standard InChI is InChI=1S/C23H21F3O3S/c1-3-21(27)28-14-22(2,13-23(24,25)26)15-30-18-10-9-17-11-19(29-20(17)12-18)16-7-5-4-6-8-16/h3-12H,1,13-15H2,2H3. The topological polar surface area (TPSA) is 39.4 Å². The van der Waals surface area contributed by atoms with Crippen LogP contribution in [0.3, 0.4) is 0 Å². The molecule has 0 bridgehead atoms. The van der Waals surface area contributed by atoms with Crippen LogP contribution >= 0.6 is 11.8 Å².